The summed E-state index contributed by atoms with van der Waals surface area (Å²) in [4.78, 5) is 33.7. The standard InChI is InChI=1S/C15H24F2O8/c1-9(2)11(15(16,17)12(21)22)25-10(20)5-4-6-24-13(23)14(3,7-18)8-19/h9,11,18-19H,4-8H2,1-3H3,(H,21,22)/p-1. The van der Waals surface area contributed by atoms with Gasteiger partial charge in [0.25, 0.3) is 0 Å². The van der Waals surface area contributed by atoms with Crippen molar-refractivity contribution in [1.82, 2.24) is 0 Å². The second-order valence-electron chi connectivity index (χ2n) is 6.18. The van der Waals surface area contributed by atoms with Crippen LogP contribution in [0.3, 0.4) is 0 Å². The van der Waals surface area contributed by atoms with Crippen molar-refractivity contribution in [3.8, 4) is 0 Å². The summed E-state index contributed by atoms with van der Waals surface area (Å²) in [7, 11) is 0. The maximum atomic E-state index is 13.5. The number of carboxylic acid groups (broad SMARTS) is 1. The van der Waals surface area contributed by atoms with Gasteiger partial charge in [-0.1, -0.05) is 13.8 Å². The van der Waals surface area contributed by atoms with Crippen LogP contribution < -0.4 is 5.11 Å². The highest BCUT2D eigenvalue weighted by molar-refractivity contribution is 5.77. The van der Waals surface area contributed by atoms with E-state index in [-0.39, 0.29) is 13.0 Å². The summed E-state index contributed by atoms with van der Waals surface area (Å²) >= 11 is 0. The van der Waals surface area contributed by atoms with Gasteiger partial charge in [0, 0.05) is 6.42 Å². The molecule has 0 fully saturated rings. The van der Waals surface area contributed by atoms with Crippen molar-refractivity contribution < 1.29 is 48.0 Å². The van der Waals surface area contributed by atoms with Crippen molar-refractivity contribution in [2.75, 3.05) is 19.8 Å². The third kappa shape index (κ3) is 6.54. The first-order chi connectivity index (χ1) is 11.4. The Morgan fingerprint density at radius 1 is 1.16 bits per heavy atom. The van der Waals surface area contributed by atoms with Crippen LogP contribution in [-0.4, -0.2) is 60.0 Å². The Bertz CT molecular complexity index is 474. The number of ether oxygens (including phenoxy) is 2. The molecule has 0 rings (SSSR count). The first kappa shape index (κ1) is 23.2. The number of carbonyl (C=O) groups excluding carboxylic acids is 3. The molecule has 0 aromatic carbocycles. The van der Waals surface area contributed by atoms with Crippen molar-refractivity contribution in [1.29, 1.82) is 0 Å². The van der Waals surface area contributed by atoms with E-state index >= 15 is 0 Å². The lowest BCUT2D eigenvalue weighted by molar-refractivity contribution is -0.337. The molecule has 0 radical (unpaired) electrons. The number of hydrogen-bond donors (Lipinski definition) is 2. The number of alkyl halides is 2. The minimum atomic E-state index is -4.33. The van der Waals surface area contributed by atoms with E-state index in [0.29, 0.717) is 0 Å². The van der Waals surface area contributed by atoms with Gasteiger partial charge in [0.2, 0.25) is 0 Å². The van der Waals surface area contributed by atoms with Gasteiger partial charge in [0.15, 0.2) is 6.10 Å². The highest BCUT2D eigenvalue weighted by Gasteiger charge is 2.46. The number of carboxylic acids is 1. The molecule has 146 valence electrons. The lowest BCUT2D eigenvalue weighted by atomic mass is 9.93. The Kier molecular flexibility index (Phi) is 8.92. The quantitative estimate of drug-likeness (QED) is 0.359. The van der Waals surface area contributed by atoms with E-state index in [0.717, 1.165) is 0 Å². The molecule has 1 unspecified atom stereocenters. The van der Waals surface area contributed by atoms with Crippen LogP contribution in [0.15, 0.2) is 0 Å². The summed E-state index contributed by atoms with van der Waals surface area (Å²) in [5, 5.41) is 28.5. The van der Waals surface area contributed by atoms with Crippen LogP contribution in [0.1, 0.15) is 33.6 Å². The largest absolute Gasteiger partial charge is 0.544 e. The van der Waals surface area contributed by atoms with Crippen molar-refractivity contribution in [3.05, 3.63) is 0 Å². The van der Waals surface area contributed by atoms with Crippen LogP contribution in [0.25, 0.3) is 0 Å². The number of carbonyl (C=O) groups is 3. The summed E-state index contributed by atoms with van der Waals surface area (Å²) in [6, 6.07) is 0. The number of halogens is 2. The molecule has 0 heterocycles. The Morgan fingerprint density at radius 3 is 2.08 bits per heavy atom. The van der Waals surface area contributed by atoms with E-state index < -0.39 is 60.9 Å². The van der Waals surface area contributed by atoms with Crippen LogP contribution in [0.2, 0.25) is 0 Å². The Hall–Kier alpha value is -1.81. The van der Waals surface area contributed by atoms with E-state index in [2.05, 4.69) is 4.74 Å². The first-order valence-electron chi connectivity index (χ1n) is 7.60. The molecule has 0 amide bonds. The van der Waals surface area contributed by atoms with Gasteiger partial charge >= 0.3 is 17.9 Å². The fraction of sp³-hybridized carbons (Fsp3) is 0.800. The minimum absolute atomic E-state index is 0.0702. The molecule has 10 heteroatoms. The molecular formula is C15H23F2O8-. The average molecular weight is 369 g/mol. The third-order valence-corrected chi connectivity index (χ3v) is 3.44. The molecule has 0 saturated carbocycles. The van der Waals surface area contributed by atoms with Gasteiger partial charge in [0.1, 0.15) is 11.4 Å². The van der Waals surface area contributed by atoms with Gasteiger partial charge in [-0.25, -0.2) is 0 Å². The lowest BCUT2D eigenvalue weighted by Gasteiger charge is -2.30. The number of aliphatic hydroxyl groups is 2. The number of hydrogen-bond acceptors (Lipinski definition) is 8. The fourth-order valence-corrected chi connectivity index (χ4v) is 1.68. The summed E-state index contributed by atoms with van der Waals surface area (Å²) in [5.74, 6) is -9.90. The van der Waals surface area contributed by atoms with Gasteiger partial charge in [-0.05, 0) is 19.3 Å². The average Bonchev–Trinajstić information content (AvgIpc) is 2.54. The third-order valence-electron chi connectivity index (χ3n) is 3.44. The van der Waals surface area contributed by atoms with E-state index in [9.17, 15) is 28.3 Å². The van der Waals surface area contributed by atoms with Crippen molar-refractivity contribution >= 4 is 17.9 Å². The molecule has 0 aliphatic rings. The molecule has 8 nitrogen and oxygen atoms in total. The molecule has 0 saturated heterocycles. The smallest absolute Gasteiger partial charge is 0.323 e. The van der Waals surface area contributed by atoms with Crippen molar-refractivity contribution in [3.63, 3.8) is 0 Å². The van der Waals surface area contributed by atoms with Gasteiger partial charge < -0.3 is 29.6 Å². The summed E-state index contributed by atoms with van der Waals surface area (Å²) in [5.41, 5.74) is -1.49. The van der Waals surface area contributed by atoms with Gasteiger partial charge in [-0.2, -0.15) is 8.78 Å². The number of esters is 2. The minimum Gasteiger partial charge on any atom is -0.544 e. The van der Waals surface area contributed by atoms with Crippen LogP contribution in [-0.2, 0) is 23.9 Å². The van der Waals surface area contributed by atoms with E-state index in [1.807, 2.05) is 0 Å². The summed E-state index contributed by atoms with van der Waals surface area (Å²) in [6.07, 6.45) is -2.65. The van der Waals surface area contributed by atoms with Gasteiger partial charge in [-0.15, -0.1) is 0 Å². The van der Waals surface area contributed by atoms with Crippen molar-refractivity contribution in [2.45, 2.75) is 45.6 Å². The zero-order chi connectivity index (χ0) is 19.8. The molecule has 2 N–H and O–H groups in total. The molecule has 0 bridgehead atoms. The first-order valence-corrected chi connectivity index (χ1v) is 7.60. The zero-order valence-electron chi connectivity index (χ0n) is 14.3. The highest BCUT2D eigenvalue weighted by atomic mass is 19.3. The predicted octanol–water partition coefficient (Wildman–Crippen LogP) is -0.746. The lowest BCUT2D eigenvalue weighted by Crippen LogP contribution is -2.53. The van der Waals surface area contributed by atoms with E-state index in [1.54, 1.807) is 0 Å². The zero-order valence-corrected chi connectivity index (χ0v) is 14.3. The van der Waals surface area contributed by atoms with Gasteiger partial charge in [-0.3, -0.25) is 9.59 Å². The second-order valence-corrected chi connectivity index (χ2v) is 6.18. The Labute approximate surface area is 143 Å². The number of aliphatic carboxylic acids is 1. The SMILES string of the molecule is CC(C)C(OC(=O)CCCOC(=O)C(C)(CO)CO)C(F)(F)C(=O)[O-]. The molecule has 0 aliphatic carbocycles. The molecule has 25 heavy (non-hydrogen) atoms. The topological polar surface area (TPSA) is 133 Å². The highest BCUT2D eigenvalue weighted by Crippen LogP contribution is 2.27. The maximum Gasteiger partial charge on any atom is 0.323 e. The molecule has 0 aromatic heterocycles. The van der Waals surface area contributed by atoms with Crippen LogP contribution in [0, 0.1) is 11.3 Å². The van der Waals surface area contributed by atoms with Gasteiger partial charge in [0.05, 0.1) is 19.8 Å². The summed E-state index contributed by atoms with van der Waals surface area (Å²) in [6.45, 7) is 2.26. The van der Waals surface area contributed by atoms with Crippen LogP contribution >= 0.6 is 0 Å². The summed E-state index contributed by atoms with van der Waals surface area (Å²) < 4.78 is 36.2. The monoisotopic (exact) mass is 369 g/mol. The molecule has 0 aliphatic heterocycles. The van der Waals surface area contributed by atoms with Crippen molar-refractivity contribution in [2.24, 2.45) is 11.3 Å². The molecule has 0 spiro atoms. The molecule has 1 atom stereocenters. The maximum absolute atomic E-state index is 13.5. The van der Waals surface area contributed by atoms with Crippen LogP contribution in [0.5, 0.6) is 0 Å². The number of rotatable bonds is 11. The Balaban J connectivity index is 4.48. The fourth-order valence-electron chi connectivity index (χ4n) is 1.68. The normalized spacial score (nSPS) is 13.4. The predicted molar refractivity (Wildman–Crippen MR) is 77.1 cm³/mol. The second kappa shape index (κ2) is 9.62. The van der Waals surface area contributed by atoms with E-state index in [1.165, 1.54) is 20.8 Å². The molecule has 0 aromatic rings. The van der Waals surface area contributed by atoms with Crippen LogP contribution in [0.4, 0.5) is 8.78 Å². The molecular weight excluding hydrogens is 346 g/mol. The Morgan fingerprint density at radius 2 is 1.68 bits per heavy atom. The number of aliphatic hydroxyl groups excluding tert-OH is 2. The van der Waals surface area contributed by atoms with E-state index in [4.69, 9.17) is 14.9 Å².